The molecule has 2 N–H and O–H groups in total. The summed E-state index contributed by atoms with van der Waals surface area (Å²) in [6.45, 7) is 11.1. The molecule has 13 nitrogen and oxygen atoms in total. The van der Waals surface area contributed by atoms with Crippen molar-refractivity contribution < 1.29 is 48.1 Å². The van der Waals surface area contributed by atoms with Crippen molar-refractivity contribution in [2.45, 2.75) is 96.9 Å². The van der Waals surface area contributed by atoms with Gasteiger partial charge in [-0.05, 0) is 48.0 Å². The van der Waals surface area contributed by atoms with Gasteiger partial charge in [0.05, 0.1) is 0 Å². The molecular formula is C27H37N3O10. The van der Waals surface area contributed by atoms with E-state index in [1.165, 1.54) is 32.9 Å². The van der Waals surface area contributed by atoms with Crippen LogP contribution in [-0.2, 0) is 33.7 Å². The first kappa shape index (κ1) is 32.2. The van der Waals surface area contributed by atoms with Crippen LogP contribution in [0, 0.1) is 0 Å². The van der Waals surface area contributed by atoms with Gasteiger partial charge in [-0.1, -0.05) is 50.1 Å². The van der Waals surface area contributed by atoms with Crippen LogP contribution >= 0.6 is 0 Å². The van der Waals surface area contributed by atoms with E-state index in [-0.39, 0.29) is 12.0 Å². The van der Waals surface area contributed by atoms with Gasteiger partial charge in [0.1, 0.15) is 22.8 Å². The molecule has 1 fully saturated rings. The number of carbonyl (C=O) groups is 6. The van der Waals surface area contributed by atoms with Crippen molar-refractivity contribution in [3.63, 3.8) is 0 Å². The van der Waals surface area contributed by atoms with E-state index in [0.29, 0.717) is 17.9 Å². The number of amides is 4. The maximum Gasteiger partial charge on any atom is 0.452 e. The lowest BCUT2D eigenvalue weighted by Crippen LogP contribution is -2.65. The van der Waals surface area contributed by atoms with Gasteiger partial charge < -0.3 is 14.9 Å². The molecule has 0 spiro atoms. The van der Waals surface area contributed by atoms with Crippen LogP contribution in [0.2, 0.25) is 0 Å². The molecule has 0 aliphatic carbocycles. The zero-order valence-electron chi connectivity index (χ0n) is 23.8. The Hall–Kier alpha value is -4.00. The molecule has 1 heterocycles. The highest BCUT2D eigenvalue weighted by Gasteiger charge is 2.57. The summed E-state index contributed by atoms with van der Waals surface area (Å²) < 4.78 is 5.40. The fourth-order valence-corrected chi connectivity index (χ4v) is 3.77. The lowest BCUT2D eigenvalue weighted by Gasteiger charge is -2.40. The molecule has 13 heteroatoms. The zero-order valence-corrected chi connectivity index (χ0v) is 23.8. The van der Waals surface area contributed by atoms with Crippen molar-refractivity contribution in [2.24, 2.45) is 0 Å². The van der Waals surface area contributed by atoms with Gasteiger partial charge in [-0.25, -0.2) is 19.2 Å². The Morgan fingerprint density at radius 3 is 2.08 bits per heavy atom. The number of unbranched alkanes of at least 4 members (excludes halogenated alkanes) is 1. The van der Waals surface area contributed by atoms with E-state index < -0.39 is 65.0 Å². The molecule has 1 aliphatic rings. The number of benzene rings is 1. The molecule has 0 radical (unpaired) electrons. The third-order valence-corrected chi connectivity index (χ3v) is 5.51. The number of ketones is 1. The summed E-state index contributed by atoms with van der Waals surface area (Å²) >= 11 is 0. The summed E-state index contributed by atoms with van der Waals surface area (Å²) in [5, 5.41) is 5.00. The quantitative estimate of drug-likeness (QED) is 0.149. The van der Waals surface area contributed by atoms with Gasteiger partial charge in [0.15, 0.2) is 5.78 Å². The predicted octanol–water partition coefficient (Wildman–Crippen LogP) is 3.37. The lowest BCUT2D eigenvalue weighted by molar-refractivity contribution is -0.320. The highest BCUT2D eigenvalue weighted by Crippen LogP contribution is 2.32. The highest BCUT2D eigenvalue weighted by molar-refractivity contribution is 6.29. The Morgan fingerprint density at radius 2 is 1.57 bits per heavy atom. The third kappa shape index (κ3) is 8.76. The van der Waals surface area contributed by atoms with E-state index >= 15 is 0 Å². The summed E-state index contributed by atoms with van der Waals surface area (Å²) in [5.74, 6) is -4.69. The van der Waals surface area contributed by atoms with Crippen LogP contribution in [-0.4, -0.2) is 63.6 Å². The normalized spacial score (nSPS) is 17.8. The van der Waals surface area contributed by atoms with Gasteiger partial charge in [0, 0.05) is 12.0 Å². The topological polar surface area (TPSA) is 167 Å². The first-order valence-corrected chi connectivity index (χ1v) is 12.8. The molecule has 220 valence electrons. The minimum Gasteiger partial charge on any atom is -0.442 e. The third-order valence-electron chi connectivity index (χ3n) is 5.51. The van der Waals surface area contributed by atoms with Gasteiger partial charge in [-0.15, -0.1) is 5.06 Å². The van der Waals surface area contributed by atoms with Crippen LogP contribution in [0.25, 0.3) is 0 Å². The Balaban J connectivity index is 2.61. The Kier molecular flexibility index (Phi) is 10.4. The monoisotopic (exact) mass is 563 g/mol. The largest absolute Gasteiger partial charge is 0.452 e. The van der Waals surface area contributed by atoms with Crippen LogP contribution in [0.15, 0.2) is 30.3 Å². The first-order chi connectivity index (χ1) is 18.5. The number of hydrogen-bond acceptors (Lipinski definition) is 10. The molecule has 1 aromatic carbocycles. The van der Waals surface area contributed by atoms with Crippen molar-refractivity contribution >= 4 is 35.8 Å². The second-order valence-electron chi connectivity index (χ2n) is 11.2. The van der Waals surface area contributed by atoms with E-state index in [0.717, 1.165) is 0 Å². The van der Waals surface area contributed by atoms with Crippen LogP contribution in [0.3, 0.4) is 0 Å². The summed E-state index contributed by atoms with van der Waals surface area (Å²) in [7, 11) is 0. The summed E-state index contributed by atoms with van der Waals surface area (Å²) in [4.78, 5) is 92.2. The summed E-state index contributed by atoms with van der Waals surface area (Å²) in [5.41, 5.74) is -3.78. The van der Waals surface area contributed by atoms with Gasteiger partial charge in [0.25, 0.3) is 5.91 Å². The van der Waals surface area contributed by atoms with Gasteiger partial charge >= 0.3 is 24.1 Å². The molecule has 2 rings (SSSR count). The molecule has 0 bridgehead atoms. The molecule has 1 aliphatic heterocycles. The number of rotatable bonds is 9. The number of hydroxylamine groups is 2. The zero-order chi connectivity index (χ0) is 30.3. The second-order valence-corrected chi connectivity index (χ2v) is 11.2. The number of Topliss-reactive ketones (excluding diaryl/α,β-unsaturated/α-hetero) is 1. The molecule has 40 heavy (non-hydrogen) atoms. The SMILES string of the molecule is CCCC[C@@]1(C(CC(=O)c2ccccc2)N(OC(=O)C(=O)OOC(C)(C)C)C(=O)OC(C)(C)C)NC(=O)NC1=O. The van der Waals surface area contributed by atoms with Crippen LogP contribution in [0.4, 0.5) is 9.59 Å². The molecule has 1 unspecified atom stereocenters. The van der Waals surface area contributed by atoms with Crippen molar-refractivity contribution in [3.05, 3.63) is 35.9 Å². The fraction of sp³-hybridized carbons (Fsp3) is 0.556. The number of carbonyl (C=O) groups excluding carboxylic acids is 6. The standard InChI is InChI=1S/C27H37N3O10/c1-8-9-15-27(22(34)28-23(35)29-27)19(16-18(31)17-13-11-10-12-14-17)30(24(36)37-25(2,3)4)38-20(32)21(33)39-40-26(5,6)7/h10-14,19H,8-9,15-16H2,1-7H3,(H2,28,29,34,35)/t19?,27-/m0/s1. The molecule has 0 aromatic heterocycles. The number of hydrogen-bond donors (Lipinski definition) is 2. The molecule has 1 aromatic rings. The minimum atomic E-state index is -1.92. The highest BCUT2D eigenvalue weighted by atomic mass is 17.2. The van der Waals surface area contributed by atoms with Crippen molar-refractivity contribution in [3.8, 4) is 0 Å². The number of nitrogens with one attached hydrogen (secondary N) is 2. The van der Waals surface area contributed by atoms with Gasteiger partial charge in [0.2, 0.25) is 0 Å². The minimum absolute atomic E-state index is 0.0394. The Labute approximate surface area is 232 Å². The Morgan fingerprint density at radius 1 is 0.950 bits per heavy atom. The van der Waals surface area contributed by atoms with E-state index in [9.17, 15) is 28.8 Å². The fourth-order valence-electron chi connectivity index (χ4n) is 3.77. The number of urea groups is 1. The van der Waals surface area contributed by atoms with E-state index in [2.05, 4.69) is 15.5 Å². The van der Waals surface area contributed by atoms with Crippen molar-refractivity contribution in [1.29, 1.82) is 0 Å². The van der Waals surface area contributed by atoms with Crippen LogP contribution in [0.1, 0.15) is 84.5 Å². The first-order valence-electron chi connectivity index (χ1n) is 12.8. The smallest absolute Gasteiger partial charge is 0.442 e. The predicted molar refractivity (Wildman–Crippen MR) is 139 cm³/mol. The maximum atomic E-state index is 13.4. The van der Waals surface area contributed by atoms with E-state index in [1.54, 1.807) is 39.0 Å². The summed E-state index contributed by atoms with van der Waals surface area (Å²) in [6.07, 6.45) is -0.973. The van der Waals surface area contributed by atoms with E-state index in [1.807, 2.05) is 6.92 Å². The number of imide groups is 1. The number of nitrogens with zero attached hydrogens (tertiary/aromatic N) is 1. The Bertz CT molecular complexity index is 1120. The number of ether oxygens (including phenoxy) is 1. The van der Waals surface area contributed by atoms with Gasteiger partial charge in [-0.2, -0.15) is 4.89 Å². The molecule has 0 saturated carbocycles. The molecule has 1 saturated heterocycles. The van der Waals surface area contributed by atoms with Crippen molar-refractivity contribution in [2.75, 3.05) is 0 Å². The van der Waals surface area contributed by atoms with Gasteiger partial charge in [-0.3, -0.25) is 19.8 Å². The van der Waals surface area contributed by atoms with Crippen LogP contribution < -0.4 is 10.6 Å². The van der Waals surface area contributed by atoms with E-state index in [4.69, 9.17) is 14.5 Å². The summed E-state index contributed by atoms with van der Waals surface area (Å²) in [6, 6.07) is 5.49. The lowest BCUT2D eigenvalue weighted by atomic mass is 9.81. The van der Waals surface area contributed by atoms with Crippen LogP contribution in [0.5, 0.6) is 0 Å². The molecule has 2 atom stereocenters. The molecule has 4 amide bonds. The molecular weight excluding hydrogens is 526 g/mol. The average molecular weight is 564 g/mol. The van der Waals surface area contributed by atoms with Crippen molar-refractivity contribution in [1.82, 2.24) is 15.7 Å². The second kappa shape index (κ2) is 12.9. The average Bonchev–Trinajstić information content (AvgIpc) is 3.15. The maximum absolute atomic E-state index is 13.4.